The number of azide groups is 1. The fraction of sp³-hybridized carbons (Fsp3) is 0.278. The fourth-order valence-electron chi connectivity index (χ4n) is 5.56. The van der Waals surface area contributed by atoms with Gasteiger partial charge in [-0.2, -0.15) is 0 Å². The number of hydrogen-bond acceptors (Lipinski definition) is 8. The van der Waals surface area contributed by atoms with E-state index in [2.05, 4.69) is 31.3 Å². The highest BCUT2D eigenvalue weighted by atomic mass is 79.9. The van der Waals surface area contributed by atoms with Gasteiger partial charge in [-0.25, -0.2) is 4.99 Å². The Morgan fingerprint density at radius 1 is 1.02 bits per heavy atom. The summed E-state index contributed by atoms with van der Waals surface area (Å²) < 4.78 is 24.1. The molecule has 1 aliphatic rings. The lowest BCUT2D eigenvalue weighted by atomic mass is 9.80. The third-order valence-electron chi connectivity index (χ3n) is 7.99. The summed E-state index contributed by atoms with van der Waals surface area (Å²) in [6, 6.07) is 27.9. The van der Waals surface area contributed by atoms with Gasteiger partial charge in [0.2, 0.25) is 5.90 Å². The Labute approximate surface area is 287 Å². The van der Waals surface area contributed by atoms with Crippen LogP contribution >= 0.6 is 15.9 Å². The zero-order valence-electron chi connectivity index (χ0n) is 26.6. The van der Waals surface area contributed by atoms with Crippen LogP contribution in [0.1, 0.15) is 40.3 Å². The fourth-order valence-corrected chi connectivity index (χ4v) is 5.98. The summed E-state index contributed by atoms with van der Waals surface area (Å²) >= 11 is 3.67. The molecule has 1 amide bonds. The maximum atomic E-state index is 14.7. The Bertz CT molecular complexity index is 1810. The first-order valence-electron chi connectivity index (χ1n) is 15.3. The monoisotopic (exact) mass is 713 g/mol. The smallest absolute Gasteiger partial charge is 0.252 e. The lowest BCUT2D eigenvalue weighted by Crippen LogP contribution is -2.50. The van der Waals surface area contributed by atoms with Crippen molar-refractivity contribution in [1.82, 2.24) is 5.32 Å². The van der Waals surface area contributed by atoms with Gasteiger partial charge in [-0.3, -0.25) is 4.79 Å². The van der Waals surface area contributed by atoms with Crippen molar-refractivity contribution in [3.63, 3.8) is 0 Å². The van der Waals surface area contributed by atoms with Crippen LogP contribution in [0.5, 0.6) is 17.2 Å². The summed E-state index contributed by atoms with van der Waals surface area (Å²) in [5.41, 5.74) is 11.4. The number of carbonyl (C=O) groups excluding carboxylic acids is 1. The second-order valence-corrected chi connectivity index (χ2v) is 11.9. The van der Waals surface area contributed by atoms with Gasteiger partial charge in [-0.1, -0.05) is 69.6 Å². The predicted octanol–water partition coefficient (Wildman–Crippen LogP) is 6.85. The number of aliphatic hydroxyl groups excluding tert-OH is 1. The van der Waals surface area contributed by atoms with E-state index in [0.717, 1.165) is 15.6 Å². The molecule has 0 radical (unpaired) electrons. The van der Waals surface area contributed by atoms with E-state index >= 15 is 0 Å². The lowest BCUT2D eigenvalue weighted by molar-refractivity contribution is -0.129. The molecule has 0 saturated carbocycles. The number of amides is 1. The second kappa shape index (κ2) is 16.2. The minimum absolute atomic E-state index is 0.0406. The van der Waals surface area contributed by atoms with Crippen LogP contribution in [-0.2, 0) is 29.0 Å². The van der Waals surface area contributed by atoms with Crippen LogP contribution in [0, 0.1) is 0 Å². The van der Waals surface area contributed by atoms with E-state index in [-0.39, 0.29) is 37.9 Å². The van der Waals surface area contributed by atoms with E-state index in [4.69, 9.17) is 34.6 Å². The third kappa shape index (κ3) is 7.74. The highest BCUT2D eigenvalue weighted by Crippen LogP contribution is 2.44. The SMILES string of the molecule is COc1ccc(CNC(=O)[C@]2(Cc3ccccc3Br)N=C(c3ccc(OCCCO)cc3)O[C@@H]2c2ccccc2CN=[N+]=[N-])cc1OC. The van der Waals surface area contributed by atoms with Gasteiger partial charge in [0, 0.05) is 40.9 Å². The van der Waals surface area contributed by atoms with Crippen LogP contribution in [0.25, 0.3) is 10.4 Å². The Balaban J connectivity index is 1.60. The molecule has 0 bridgehead atoms. The van der Waals surface area contributed by atoms with Crippen LogP contribution in [0.2, 0.25) is 0 Å². The van der Waals surface area contributed by atoms with Gasteiger partial charge in [0.1, 0.15) is 5.75 Å². The van der Waals surface area contributed by atoms with E-state index in [0.29, 0.717) is 47.0 Å². The highest BCUT2D eigenvalue weighted by molar-refractivity contribution is 9.10. The van der Waals surface area contributed by atoms with Gasteiger partial charge in [0.15, 0.2) is 23.1 Å². The van der Waals surface area contributed by atoms with Crippen molar-refractivity contribution in [2.45, 2.75) is 37.6 Å². The number of rotatable bonds is 15. The number of nitrogens with zero attached hydrogens (tertiary/aromatic N) is 4. The summed E-state index contributed by atoms with van der Waals surface area (Å²) in [6.45, 7) is 0.681. The normalized spacial score (nSPS) is 16.7. The molecule has 4 aromatic rings. The molecular weight excluding hydrogens is 678 g/mol. The summed E-state index contributed by atoms with van der Waals surface area (Å²) in [5.74, 6) is 1.70. The molecule has 0 spiro atoms. The van der Waals surface area contributed by atoms with Crippen LogP contribution in [0.3, 0.4) is 0 Å². The van der Waals surface area contributed by atoms with Crippen molar-refractivity contribution < 1.29 is 28.8 Å². The number of nitrogens with one attached hydrogen (secondary N) is 1. The molecule has 4 aromatic carbocycles. The Morgan fingerprint density at radius 2 is 1.75 bits per heavy atom. The molecule has 0 fully saturated rings. The zero-order valence-corrected chi connectivity index (χ0v) is 28.2. The Kier molecular flexibility index (Phi) is 11.6. The first-order valence-corrected chi connectivity index (χ1v) is 16.1. The molecule has 12 heteroatoms. The van der Waals surface area contributed by atoms with Gasteiger partial charge in [0.05, 0.1) is 27.4 Å². The van der Waals surface area contributed by atoms with Gasteiger partial charge in [-0.05, 0) is 70.2 Å². The molecule has 1 aliphatic heterocycles. The summed E-state index contributed by atoms with van der Waals surface area (Å²) in [5, 5.41) is 16.0. The van der Waals surface area contributed by atoms with Crippen molar-refractivity contribution >= 4 is 27.7 Å². The largest absolute Gasteiger partial charge is 0.494 e. The second-order valence-electron chi connectivity index (χ2n) is 11.0. The molecule has 0 aliphatic carbocycles. The van der Waals surface area contributed by atoms with E-state index in [9.17, 15) is 4.79 Å². The summed E-state index contributed by atoms with van der Waals surface area (Å²) in [7, 11) is 3.13. The summed E-state index contributed by atoms with van der Waals surface area (Å²) in [4.78, 5) is 22.8. The molecule has 0 unspecified atom stereocenters. The van der Waals surface area contributed by atoms with Gasteiger partial charge >= 0.3 is 0 Å². The molecule has 5 rings (SSSR count). The Morgan fingerprint density at radius 3 is 2.46 bits per heavy atom. The molecular formula is C36H36BrN5O6. The first-order chi connectivity index (χ1) is 23.4. The molecule has 0 saturated heterocycles. The number of carbonyl (C=O) groups is 1. The molecule has 248 valence electrons. The van der Waals surface area contributed by atoms with Gasteiger partial charge in [-0.15, -0.1) is 0 Å². The molecule has 1 heterocycles. The lowest BCUT2D eigenvalue weighted by Gasteiger charge is -2.32. The molecule has 2 atom stereocenters. The van der Waals surface area contributed by atoms with Crippen molar-refractivity contribution in [1.29, 1.82) is 0 Å². The topological polar surface area (TPSA) is 147 Å². The maximum Gasteiger partial charge on any atom is 0.252 e. The minimum Gasteiger partial charge on any atom is -0.494 e. The van der Waals surface area contributed by atoms with Crippen LogP contribution in [-0.4, -0.2) is 49.9 Å². The number of benzene rings is 4. The number of methoxy groups -OCH3 is 2. The van der Waals surface area contributed by atoms with E-state index in [1.165, 1.54) is 0 Å². The number of aliphatic imine (C=N–C) groups is 1. The number of ether oxygens (including phenoxy) is 4. The average molecular weight is 715 g/mol. The summed E-state index contributed by atoms with van der Waals surface area (Å²) in [6.07, 6.45) is -0.168. The number of halogens is 1. The average Bonchev–Trinajstić information content (AvgIpc) is 3.51. The number of hydrogen-bond donors (Lipinski definition) is 2. The quantitative estimate of drug-likeness (QED) is 0.0596. The maximum absolute atomic E-state index is 14.7. The van der Waals surface area contributed by atoms with E-state index in [1.54, 1.807) is 32.4 Å². The Hall–Kier alpha value is -5.03. The van der Waals surface area contributed by atoms with Crippen LogP contribution < -0.4 is 19.5 Å². The van der Waals surface area contributed by atoms with Gasteiger partial charge in [0.25, 0.3) is 5.91 Å². The first kappa shape index (κ1) is 34.3. The minimum atomic E-state index is -1.47. The predicted molar refractivity (Wildman–Crippen MR) is 185 cm³/mol. The van der Waals surface area contributed by atoms with Crippen molar-refractivity contribution in [3.8, 4) is 17.2 Å². The molecule has 48 heavy (non-hydrogen) atoms. The molecule has 2 N–H and O–H groups in total. The highest BCUT2D eigenvalue weighted by Gasteiger charge is 2.54. The van der Waals surface area contributed by atoms with E-state index < -0.39 is 11.6 Å². The van der Waals surface area contributed by atoms with Gasteiger partial charge < -0.3 is 29.4 Å². The third-order valence-corrected chi connectivity index (χ3v) is 8.76. The number of aliphatic hydroxyl groups is 1. The standard InChI is InChI=1S/C36H36BrN5O6/c1-45-31-17-12-24(20-32(31)46-2)22-39-35(44)36(21-26-8-4-6-11-30(26)37)33(29-10-5-3-9-27(29)23-40-42-38)48-34(41-36)25-13-15-28(16-14-25)47-19-7-18-43/h3-6,8-17,20,33,43H,7,18-19,21-23H2,1-2H3,(H,39,44)/t33-,36-/m1/s1. The molecule has 11 nitrogen and oxygen atoms in total. The van der Waals surface area contributed by atoms with Crippen LogP contribution in [0.4, 0.5) is 0 Å². The van der Waals surface area contributed by atoms with Crippen molar-refractivity contribution in [2.24, 2.45) is 10.1 Å². The zero-order chi connectivity index (χ0) is 33.9. The van der Waals surface area contributed by atoms with Crippen molar-refractivity contribution in [3.05, 3.63) is 134 Å². The van der Waals surface area contributed by atoms with E-state index in [1.807, 2.05) is 72.8 Å². The molecule has 0 aromatic heterocycles. The van der Waals surface area contributed by atoms with Crippen molar-refractivity contribution in [2.75, 3.05) is 27.4 Å². The van der Waals surface area contributed by atoms with Crippen LogP contribution in [0.15, 0.2) is 106 Å².